The molecule has 1 saturated heterocycles. The van der Waals surface area contributed by atoms with Crippen LogP contribution in [0.5, 0.6) is 0 Å². The van der Waals surface area contributed by atoms with E-state index in [1.165, 1.54) is 0 Å². The molecule has 1 fully saturated rings. The fourth-order valence-corrected chi connectivity index (χ4v) is 2.05. The van der Waals surface area contributed by atoms with Gasteiger partial charge in [-0.05, 0) is 37.1 Å². The number of nitrogens with one attached hydrogen (secondary N) is 1. The van der Waals surface area contributed by atoms with E-state index < -0.39 is 0 Å². The molecule has 0 aliphatic carbocycles. The summed E-state index contributed by atoms with van der Waals surface area (Å²) in [6, 6.07) is 6.79. The molecule has 2 amide bonds. The van der Waals surface area contributed by atoms with Crippen LogP contribution >= 0.6 is 0 Å². The zero-order valence-electron chi connectivity index (χ0n) is 9.60. The lowest BCUT2D eigenvalue weighted by atomic mass is 10.2. The first-order chi connectivity index (χ1) is 8.20. The summed E-state index contributed by atoms with van der Waals surface area (Å²) in [5, 5.41) is 11.9. The minimum absolute atomic E-state index is 0.0230. The Labute approximate surface area is 100 Å². The monoisotopic (exact) mass is 235 g/mol. The molecule has 1 atom stereocenters. The Balaban J connectivity index is 1.99. The zero-order valence-corrected chi connectivity index (χ0v) is 9.60. The number of aliphatic hydroxyl groups is 1. The molecule has 5 heteroatoms. The number of nitrogens with two attached hydrogens (primary N) is 1. The lowest BCUT2D eigenvalue weighted by Gasteiger charge is -2.23. The molecule has 4 N–H and O–H groups in total. The second-order valence-electron chi connectivity index (χ2n) is 4.22. The number of aliphatic hydroxyl groups excluding tert-OH is 1. The first-order valence-electron chi connectivity index (χ1n) is 5.74. The van der Waals surface area contributed by atoms with Crippen molar-refractivity contribution in [2.24, 2.45) is 0 Å². The minimum atomic E-state index is -0.161. The van der Waals surface area contributed by atoms with Crippen LogP contribution in [0.3, 0.4) is 0 Å². The van der Waals surface area contributed by atoms with Gasteiger partial charge in [-0.15, -0.1) is 0 Å². The third-order valence-corrected chi connectivity index (χ3v) is 3.01. The molecule has 1 aromatic carbocycles. The number of likely N-dealkylation sites (tertiary alicyclic amines) is 1. The number of hydrogen-bond donors (Lipinski definition) is 3. The van der Waals surface area contributed by atoms with Gasteiger partial charge in [0.2, 0.25) is 0 Å². The van der Waals surface area contributed by atoms with Gasteiger partial charge in [0.05, 0.1) is 12.6 Å². The molecule has 1 aliphatic rings. The highest BCUT2D eigenvalue weighted by molar-refractivity contribution is 5.89. The average Bonchev–Trinajstić information content (AvgIpc) is 2.80. The van der Waals surface area contributed by atoms with Gasteiger partial charge in [-0.3, -0.25) is 0 Å². The van der Waals surface area contributed by atoms with E-state index in [1.54, 1.807) is 29.2 Å². The molecule has 1 aliphatic heterocycles. The molecule has 1 heterocycles. The van der Waals surface area contributed by atoms with E-state index in [1.807, 2.05) is 0 Å². The Kier molecular flexibility index (Phi) is 3.49. The highest BCUT2D eigenvalue weighted by atomic mass is 16.3. The van der Waals surface area contributed by atoms with E-state index in [-0.39, 0.29) is 18.7 Å². The van der Waals surface area contributed by atoms with Crippen LogP contribution in [-0.2, 0) is 0 Å². The fraction of sp³-hybridized carbons (Fsp3) is 0.417. The summed E-state index contributed by atoms with van der Waals surface area (Å²) in [4.78, 5) is 13.6. The quantitative estimate of drug-likeness (QED) is 0.675. The van der Waals surface area contributed by atoms with Crippen molar-refractivity contribution >= 4 is 17.4 Å². The topological polar surface area (TPSA) is 78.6 Å². The van der Waals surface area contributed by atoms with Crippen LogP contribution in [0.2, 0.25) is 0 Å². The van der Waals surface area contributed by atoms with E-state index in [4.69, 9.17) is 10.8 Å². The summed E-state index contributed by atoms with van der Waals surface area (Å²) >= 11 is 0. The number of carbonyl (C=O) groups is 1. The highest BCUT2D eigenvalue weighted by Crippen LogP contribution is 2.18. The SMILES string of the molecule is Nc1ccc(NC(=O)N2CCCC2CO)cc1. The van der Waals surface area contributed by atoms with Crippen molar-refractivity contribution in [3.8, 4) is 0 Å². The van der Waals surface area contributed by atoms with Gasteiger partial charge < -0.3 is 21.1 Å². The van der Waals surface area contributed by atoms with Crippen LogP contribution in [0, 0.1) is 0 Å². The fourth-order valence-electron chi connectivity index (χ4n) is 2.05. The van der Waals surface area contributed by atoms with Crippen molar-refractivity contribution in [3.63, 3.8) is 0 Å². The number of nitrogen functional groups attached to an aromatic ring is 1. The first-order valence-corrected chi connectivity index (χ1v) is 5.74. The van der Waals surface area contributed by atoms with Crippen LogP contribution in [0.15, 0.2) is 24.3 Å². The largest absolute Gasteiger partial charge is 0.399 e. The van der Waals surface area contributed by atoms with Crippen molar-refractivity contribution in [1.29, 1.82) is 0 Å². The molecule has 5 nitrogen and oxygen atoms in total. The molecule has 0 aromatic heterocycles. The predicted octanol–water partition coefficient (Wildman–Crippen LogP) is 1.26. The molecule has 2 rings (SSSR count). The molecular weight excluding hydrogens is 218 g/mol. The molecule has 0 saturated carbocycles. The van der Waals surface area contributed by atoms with Crippen molar-refractivity contribution in [1.82, 2.24) is 4.90 Å². The predicted molar refractivity (Wildman–Crippen MR) is 66.7 cm³/mol. The normalized spacial score (nSPS) is 19.4. The van der Waals surface area contributed by atoms with Gasteiger partial charge in [0.1, 0.15) is 0 Å². The van der Waals surface area contributed by atoms with E-state index in [9.17, 15) is 4.79 Å². The van der Waals surface area contributed by atoms with E-state index in [0.717, 1.165) is 12.8 Å². The number of benzene rings is 1. The Bertz CT molecular complexity index is 391. The third-order valence-electron chi connectivity index (χ3n) is 3.01. The molecule has 0 radical (unpaired) electrons. The summed E-state index contributed by atoms with van der Waals surface area (Å²) in [5.74, 6) is 0. The second-order valence-corrected chi connectivity index (χ2v) is 4.22. The number of carbonyl (C=O) groups excluding carboxylic acids is 1. The van der Waals surface area contributed by atoms with Crippen molar-refractivity contribution in [2.45, 2.75) is 18.9 Å². The molecule has 0 spiro atoms. The second kappa shape index (κ2) is 5.05. The van der Waals surface area contributed by atoms with Crippen LogP contribution in [0.1, 0.15) is 12.8 Å². The van der Waals surface area contributed by atoms with E-state index in [0.29, 0.717) is 17.9 Å². The molecule has 92 valence electrons. The van der Waals surface area contributed by atoms with Crippen molar-refractivity contribution < 1.29 is 9.90 Å². The van der Waals surface area contributed by atoms with Gasteiger partial charge in [-0.1, -0.05) is 0 Å². The summed E-state index contributed by atoms with van der Waals surface area (Å²) < 4.78 is 0. The van der Waals surface area contributed by atoms with Crippen LogP contribution < -0.4 is 11.1 Å². The average molecular weight is 235 g/mol. The summed E-state index contributed by atoms with van der Waals surface area (Å²) in [7, 11) is 0. The number of hydrogen-bond acceptors (Lipinski definition) is 3. The Morgan fingerprint density at radius 1 is 1.47 bits per heavy atom. The Hall–Kier alpha value is -1.75. The zero-order chi connectivity index (χ0) is 12.3. The number of rotatable bonds is 2. The molecular formula is C12H17N3O2. The van der Waals surface area contributed by atoms with Gasteiger partial charge >= 0.3 is 6.03 Å². The maximum Gasteiger partial charge on any atom is 0.322 e. The van der Waals surface area contributed by atoms with Crippen LogP contribution in [0.4, 0.5) is 16.2 Å². The smallest absolute Gasteiger partial charge is 0.322 e. The Morgan fingerprint density at radius 2 is 2.18 bits per heavy atom. The summed E-state index contributed by atoms with van der Waals surface area (Å²) in [6.45, 7) is 0.723. The number of amides is 2. The Morgan fingerprint density at radius 3 is 2.82 bits per heavy atom. The summed E-state index contributed by atoms with van der Waals surface area (Å²) in [5.41, 5.74) is 6.95. The van der Waals surface area contributed by atoms with Crippen LogP contribution in [-0.4, -0.2) is 35.2 Å². The maximum absolute atomic E-state index is 11.9. The van der Waals surface area contributed by atoms with Gasteiger partial charge in [0.15, 0.2) is 0 Å². The number of urea groups is 1. The van der Waals surface area contributed by atoms with Crippen molar-refractivity contribution in [2.75, 3.05) is 24.2 Å². The molecule has 17 heavy (non-hydrogen) atoms. The molecule has 1 aromatic rings. The lowest BCUT2D eigenvalue weighted by molar-refractivity contribution is 0.166. The standard InChI is InChI=1S/C12H17N3O2/c13-9-3-5-10(6-4-9)14-12(17)15-7-1-2-11(15)8-16/h3-6,11,16H,1-2,7-8,13H2,(H,14,17). The summed E-state index contributed by atoms with van der Waals surface area (Å²) in [6.07, 6.45) is 1.81. The molecule has 1 unspecified atom stereocenters. The van der Waals surface area contributed by atoms with E-state index >= 15 is 0 Å². The number of anilines is 2. The lowest BCUT2D eigenvalue weighted by Crippen LogP contribution is -2.40. The van der Waals surface area contributed by atoms with Crippen LogP contribution in [0.25, 0.3) is 0 Å². The van der Waals surface area contributed by atoms with Crippen molar-refractivity contribution in [3.05, 3.63) is 24.3 Å². The van der Waals surface area contributed by atoms with Gasteiger partial charge in [-0.2, -0.15) is 0 Å². The van der Waals surface area contributed by atoms with Gasteiger partial charge in [-0.25, -0.2) is 4.79 Å². The maximum atomic E-state index is 11.9. The number of nitrogens with zero attached hydrogens (tertiary/aromatic N) is 1. The third kappa shape index (κ3) is 2.68. The van der Waals surface area contributed by atoms with E-state index in [2.05, 4.69) is 5.32 Å². The van der Waals surface area contributed by atoms with Gasteiger partial charge in [0.25, 0.3) is 0 Å². The first kappa shape index (κ1) is 11.7. The highest BCUT2D eigenvalue weighted by Gasteiger charge is 2.27. The molecule has 0 bridgehead atoms. The minimum Gasteiger partial charge on any atom is -0.399 e. The van der Waals surface area contributed by atoms with Gasteiger partial charge in [0, 0.05) is 17.9 Å².